The molecule has 154 valence electrons. The number of ether oxygens (including phenoxy) is 1. The minimum Gasteiger partial charge on any atom is -0.465 e. The Bertz CT molecular complexity index is 700. The van der Waals surface area contributed by atoms with E-state index in [0.29, 0.717) is 25.2 Å². The third-order valence-corrected chi connectivity index (χ3v) is 6.96. The van der Waals surface area contributed by atoms with Crippen LogP contribution in [-0.4, -0.2) is 87.3 Å². The fourth-order valence-electron chi connectivity index (χ4n) is 4.16. The highest BCUT2D eigenvalue weighted by Gasteiger charge is 2.35. The first kappa shape index (κ1) is 20.8. The van der Waals surface area contributed by atoms with Crippen LogP contribution in [0.4, 0.5) is 0 Å². The van der Waals surface area contributed by atoms with Gasteiger partial charge in [0.25, 0.3) is 0 Å². The van der Waals surface area contributed by atoms with Gasteiger partial charge in [-0.05, 0) is 45.4 Å². The van der Waals surface area contributed by atoms with Gasteiger partial charge in [0.2, 0.25) is 10.0 Å². The first-order valence-corrected chi connectivity index (χ1v) is 11.7. The molecule has 0 bridgehead atoms. The average Bonchev–Trinajstić information content (AvgIpc) is 3.25. The molecule has 1 aromatic heterocycles. The largest absolute Gasteiger partial charge is 0.465 e. The molecule has 1 aromatic rings. The smallest absolute Gasteiger partial charge is 0.211 e. The fourth-order valence-corrected chi connectivity index (χ4v) is 5.04. The van der Waals surface area contributed by atoms with Crippen molar-refractivity contribution in [2.24, 2.45) is 0 Å². The van der Waals surface area contributed by atoms with Crippen molar-refractivity contribution in [1.29, 1.82) is 0 Å². The molecule has 0 aliphatic carbocycles. The van der Waals surface area contributed by atoms with Gasteiger partial charge in [-0.3, -0.25) is 9.80 Å². The molecule has 27 heavy (non-hydrogen) atoms. The zero-order valence-electron chi connectivity index (χ0n) is 16.8. The Kier molecular flexibility index (Phi) is 6.97. The maximum absolute atomic E-state index is 11.9. The normalized spacial score (nSPS) is 22.9. The number of furan rings is 1. The van der Waals surface area contributed by atoms with Crippen LogP contribution in [0.2, 0.25) is 0 Å². The van der Waals surface area contributed by atoms with Crippen LogP contribution in [0.25, 0.3) is 0 Å². The molecule has 8 heteroatoms. The number of hydrogen-bond donors (Lipinski definition) is 0. The highest BCUT2D eigenvalue weighted by atomic mass is 32.2. The minimum atomic E-state index is -3.11. The Balaban J connectivity index is 1.60. The lowest BCUT2D eigenvalue weighted by Crippen LogP contribution is -2.49. The standard InChI is InChI=1S/C19H33N3O4S/c1-16-4-5-19(26-16)15-20(2)10-11-22(17-7-12-25-13-8-17)18-6-9-21(14-18)27(3,23)24/h4-5,17-18H,6-15H2,1-3H3. The van der Waals surface area contributed by atoms with Crippen molar-refractivity contribution >= 4 is 10.0 Å². The van der Waals surface area contributed by atoms with E-state index in [-0.39, 0.29) is 0 Å². The van der Waals surface area contributed by atoms with Gasteiger partial charge in [-0.25, -0.2) is 12.7 Å². The van der Waals surface area contributed by atoms with Gasteiger partial charge in [-0.2, -0.15) is 0 Å². The molecule has 2 aliphatic rings. The maximum atomic E-state index is 11.9. The van der Waals surface area contributed by atoms with Crippen molar-refractivity contribution in [3.8, 4) is 0 Å². The average molecular weight is 400 g/mol. The van der Waals surface area contributed by atoms with Crippen LogP contribution in [0.1, 0.15) is 30.8 Å². The monoisotopic (exact) mass is 399 g/mol. The predicted octanol–water partition coefficient (Wildman–Crippen LogP) is 1.53. The first-order chi connectivity index (χ1) is 12.8. The van der Waals surface area contributed by atoms with Crippen molar-refractivity contribution in [2.45, 2.75) is 44.8 Å². The maximum Gasteiger partial charge on any atom is 0.211 e. The first-order valence-electron chi connectivity index (χ1n) is 9.85. The Labute approximate surface area is 163 Å². The van der Waals surface area contributed by atoms with Crippen molar-refractivity contribution in [2.75, 3.05) is 52.7 Å². The Morgan fingerprint density at radius 3 is 2.48 bits per heavy atom. The summed E-state index contributed by atoms with van der Waals surface area (Å²) in [5, 5.41) is 0. The summed E-state index contributed by atoms with van der Waals surface area (Å²) in [5.41, 5.74) is 0. The Morgan fingerprint density at radius 2 is 1.89 bits per heavy atom. The second-order valence-corrected chi connectivity index (χ2v) is 9.88. The summed E-state index contributed by atoms with van der Waals surface area (Å²) < 4.78 is 36.7. The van der Waals surface area contributed by atoms with Gasteiger partial charge in [0, 0.05) is 51.5 Å². The molecule has 2 fully saturated rings. The summed E-state index contributed by atoms with van der Waals surface area (Å²) >= 11 is 0. The Hall–Kier alpha value is -0.930. The molecule has 1 unspecified atom stereocenters. The molecular formula is C19H33N3O4S. The van der Waals surface area contributed by atoms with E-state index in [2.05, 4.69) is 16.8 Å². The van der Waals surface area contributed by atoms with E-state index >= 15 is 0 Å². The molecule has 0 amide bonds. The van der Waals surface area contributed by atoms with Crippen molar-refractivity contribution in [1.82, 2.24) is 14.1 Å². The number of aryl methyl sites for hydroxylation is 1. The Morgan fingerprint density at radius 1 is 1.15 bits per heavy atom. The number of hydrogen-bond acceptors (Lipinski definition) is 6. The molecule has 3 rings (SSSR count). The molecule has 0 N–H and O–H groups in total. The van der Waals surface area contributed by atoms with Gasteiger partial charge in [0.05, 0.1) is 12.8 Å². The summed E-state index contributed by atoms with van der Waals surface area (Å²) in [6.07, 6.45) is 4.27. The number of likely N-dealkylation sites (N-methyl/N-ethyl adjacent to an activating group) is 1. The zero-order valence-corrected chi connectivity index (χ0v) is 17.6. The van der Waals surface area contributed by atoms with E-state index in [0.717, 1.165) is 63.6 Å². The van der Waals surface area contributed by atoms with E-state index in [1.165, 1.54) is 6.26 Å². The van der Waals surface area contributed by atoms with Gasteiger partial charge in [-0.15, -0.1) is 0 Å². The number of sulfonamides is 1. The summed E-state index contributed by atoms with van der Waals surface area (Å²) in [7, 11) is -1.00. The van der Waals surface area contributed by atoms with Gasteiger partial charge in [0.15, 0.2) is 0 Å². The molecule has 0 spiro atoms. The van der Waals surface area contributed by atoms with Crippen molar-refractivity contribution < 1.29 is 17.6 Å². The number of rotatable bonds is 8. The van der Waals surface area contributed by atoms with Crippen LogP contribution < -0.4 is 0 Å². The van der Waals surface area contributed by atoms with E-state index in [4.69, 9.17) is 9.15 Å². The van der Waals surface area contributed by atoms with Gasteiger partial charge in [0.1, 0.15) is 11.5 Å². The molecule has 0 radical (unpaired) electrons. The molecular weight excluding hydrogens is 366 g/mol. The molecule has 2 aliphatic heterocycles. The highest BCUT2D eigenvalue weighted by molar-refractivity contribution is 7.88. The van der Waals surface area contributed by atoms with Crippen LogP contribution in [0.3, 0.4) is 0 Å². The molecule has 3 heterocycles. The molecule has 0 aromatic carbocycles. The van der Waals surface area contributed by atoms with E-state index < -0.39 is 10.0 Å². The van der Waals surface area contributed by atoms with E-state index in [9.17, 15) is 8.42 Å². The van der Waals surface area contributed by atoms with Crippen LogP contribution in [0.5, 0.6) is 0 Å². The zero-order chi connectivity index (χ0) is 19.4. The summed E-state index contributed by atoms with van der Waals surface area (Å²) in [6.45, 7) is 7.44. The second-order valence-electron chi connectivity index (χ2n) is 7.90. The van der Waals surface area contributed by atoms with Crippen LogP contribution >= 0.6 is 0 Å². The second kappa shape index (κ2) is 9.05. The molecule has 0 saturated carbocycles. The quantitative estimate of drug-likeness (QED) is 0.661. The SMILES string of the molecule is Cc1ccc(CN(C)CCN(C2CCOCC2)C2CCN(S(C)(=O)=O)C2)o1. The van der Waals surface area contributed by atoms with Gasteiger partial charge < -0.3 is 9.15 Å². The lowest BCUT2D eigenvalue weighted by Gasteiger charge is -2.39. The summed E-state index contributed by atoms with van der Waals surface area (Å²) in [5.74, 6) is 1.92. The third-order valence-electron chi connectivity index (χ3n) is 5.69. The third kappa shape index (κ3) is 5.77. The lowest BCUT2D eigenvalue weighted by molar-refractivity contribution is 0.0154. The summed E-state index contributed by atoms with van der Waals surface area (Å²) in [6, 6.07) is 4.79. The lowest BCUT2D eigenvalue weighted by atomic mass is 10.0. The van der Waals surface area contributed by atoms with Crippen LogP contribution in [-0.2, 0) is 21.3 Å². The number of nitrogens with zero attached hydrogens (tertiary/aromatic N) is 3. The highest BCUT2D eigenvalue weighted by Crippen LogP contribution is 2.24. The van der Waals surface area contributed by atoms with E-state index in [1.807, 2.05) is 19.1 Å². The van der Waals surface area contributed by atoms with Crippen molar-refractivity contribution in [3.63, 3.8) is 0 Å². The minimum absolute atomic E-state index is 0.294. The summed E-state index contributed by atoms with van der Waals surface area (Å²) in [4.78, 5) is 4.81. The molecule has 1 atom stereocenters. The van der Waals surface area contributed by atoms with Crippen LogP contribution in [0, 0.1) is 6.92 Å². The molecule has 7 nitrogen and oxygen atoms in total. The fraction of sp³-hybridized carbons (Fsp3) is 0.789. The van der Waals surface area contributed by atoms with Gasteiger partial charge >= 0.3 is 0 Å². The van der Waals surface area contributed by atoms with Crippen molar-refractivity contribution in [3.05, 3.63) is 23.7 Å². The topological polar surface area (TPSA) is 66.2 Å². The van der Waals surface area contributed by atoms with E-state index in [1.54, 1.807) is 4.31 Å². The van der Waals surface area contributed by atoms with Gasteiger partial charge in [-0.1, -0.05) is 0 Å². The predicted molar refractivity (Wildman–Crippen MR) is 105 cm³/mol. The molecule has 2 saturated heterocycles. The van der Waals surface area contributed by atoms with Crippen LogP contribution in [0.15, 0.2) is 16.5 Å².